The van der Waals surface area contributed by atoms with Crippen molar-refractivity contribution in [2.24, 2.45) is 5.41 Å². The molecule has 0 bridgehead atoms. The molecule has 4 atom stereocenters. The largest absolute Gasteiger partial charge is 0.394 e. The maximum atomic E-state index is 14.6. The van der Waals surface area contributed by atoms with Gasteiger partial charge in [-0.1, -0.05) is 6.92 Å². The number of hydrogen-bond acceptors (Lipinski definition) is 4. The molecular weight excluding hydrogens is 243 g/mol. The van der Waals surface area contributed by atoms with Crippen LogP contribution in [-0.4, -0.2) is 33.0 Å². The molecular formula is C11H13FN2O4. The van der Waals surface area contributed by atoms with E-state index in [0.29, 0.717) is 0 Å². The molecule has 2 aliphatic rings. The van der Waals surface area contributed by atoms with Crippen molar-refractivity contribution < 1.29 is 14.2 Å². The van der Waals surface area contributed by atoms with Crippen LogP contribution in [0.3, 0.4) is 0 Å². The first-order valence-electron chi connectivity index (χ1n) is 5.69. The lowest BCUT2D eigenvalue weighted by Gasteiger charge is -2.20. The van der Waals surface area contributed by atoms with Gasteiger partial charge in [-0.25, -0.2) is 9.18 Å². The van der Waals surface area contributed by atoms with Gasteiger partial charge in [-0.05, 0) is 6.42 Å². The molecule has 0 aromatic carbocycles. The predicted molar refractivity (Wildman–Crippen MR) is 58.9 cm³/mol. The van der Waals surface area contributed by atoms with E-state index in [1.165, 1.54) is 6.20 Å². The van der Waals surface area contributed by atoms with Gasteiger partial charge in [0.1, 0.15) is 0 Å². The van der Waals surface area contributed by atoms with E-state index in [4.69, 9.17) is 4.74 Å². The monoisotopic (exact) mass is 256 g/mol. The lowest BCUT2D eigenvalue weighted by Crippen LogP contribution is -2.36. The normalized spacial score (nSPS) is 41.7. The average molecular weight is 256 g/mol. The average Bonchev–Trinajstić information content (AvgIpc) is 2.79. The summed E-state index contributed by atoms with van der Waals surface area (Å²) >= 11 is 0. The van der Waals surface area contributed by atoms with Crippen molar-refractivity contribution >= 4 is 0 Å². The number of H-pyrrole nitrogens is 1. The van der Waals surface area contributed by atoms with Crippen LogP contribution in [0, 0.1) is 5.41 Å². The maximum absolute atomic E-state index is 14.6. The second-order valence-electron chi connectivity index (χ2n) is 5.13. The summed E-state index contributed by atoms with van der Waals surface area (Å²) in [6.07, 6.45) is -0.275. The summed E-state index contributed by atoms with van der Waals surface area (Å²) < 4.78 is 21.1. The minimum absolute atomic E-state index is 0.238. The van der Waals surface area contributed by atoms with Gasteiger partial charge < -0.3 is 9.84 Å². The van der Waals surface area contributed by atoms with Crippen LogP contribution in [0.5, 0.6) is 0 Å². The van der Waals surface area contributed by atoms with Crippen molar-refractivity contribution in [3.05, 3.63) is 33.1 Å². The Morgan fingerprint density at radius 3 is 2.94 bits per heavy atom. The third kappa shape index (κ3) is 1.23. The zero-order valence-electron chi connectivity index (χ0n) is 9.72. The molecule has 2 fully saturated rings. The number of aliphatic hydroxyl groups excluding tert-OH is 1. The lowest BCUT2D eigenvalue weighted by molar-refractivity contribution is -0.0765. The first-order valence-corrected chi connectivity index (χ1v) is 5.69. The summed E-state index contributed by atoms with van der Waals surface area (Å²) in [6, 6.07) is 1.14. The van der Waals surface area contributed by atoms with E-state index in [9.17, 15) is 19.1 Å². The van der Waals surface area contributed by atoms with Gasteiger partial charge in [0.05, 0.1) is 12.7 Å². The number of aromatic nitrogens is 2. The molecule has 3 rings (SSSR count). The van der Waals surface area contributed by atoms with Crippen LogP contribution >= 0.6 is 0 Å². The second-order valence-corrected chi connectivity index (χ2v) is 5.13. The number of rotatable bonds is 2. The molecule has 0 amide bonds. The third-order valence-electron chi connectivity index (χ3n) is 4.11. The molecule has 2 heterocycles. The Labute approximate surface area is 101 Å². The molecule has 1 aliphatic heterocycles. The van der Waals surface area contributed by atoms with Gasteiger partial charge in [-0.15, -0.1) is 0 Å². The number of hydrogen-bond donors (Lipinski definition) is 2. The third-order valence-corrected chi connectivity index (χ3v) is 4.11. The fourth-order valence-corrected chi connectivity index (χ4v) is 2.80. The Hall–Kier alpha value is -1.47. The number of nitrogens with zero attached hydrogens (tertiary/aromatic N) is 1. The summed E-state index contributed by atoms with van der Waals surface area (Å²) in [5.74, 6) is 0. The molecule has 1 saturated heterocycles. The minimum Gasteiger partial charge on any atom is -0.394 e. The number of aromatic amines is 1. The molecule has 6 nitrogen and oxygen atoms in total. The van der Waals surface area contributed by atoms with Crippen molar-refractivity contribution in [3.8, 4) is 0 Å². The number of alkyl halides is 1. The first-order chi connectivity index (χ1) is 8.42. The molecule has 7 heteroatoms. The molecule has 0 radical (unpaired) electrons. The molecule has 1 saturated carbocycles. The fourth-order valence-electron chi connectivity index (χ4n) is 2.80. The summed E-state index contributed by atoms with van der Waals surface area (Å²) in [7, 11) is 0. The van der Waals surface area contributed by atoms with Crippen LogP contribution in [0.15, 0.2) is 21.9 Å². The van der Waals surface area contributed by atoms with Crippen molar-refractivity contribution in [2.75, 3.05) is 6.61 Å². The minimum atomic E-state index is -1.66. The smallest absolute Gasteiger partial charge is 0.330 e. The van der Waals surface area contributed by atoms with Crippen LogP contribution in [0.25, 0.3) is 0 Å². The quantitative estimate of drug-likeness (QED) is 0.750. The molecule has 18 heavy (non-hydrogen) atoms. The first kappa shape index (κ1) is 11.6. The van der Waals surface area contributed by atoms with E-state index in [1.54, 1.807) is 6.92 Å². The lowest BCUT2D eigenvalue weighted by atomic mass is 10.0. The van der Waals surface area contributed by atoms with Crippen LogP contribution < -0.4 is 11.2 Å². The SMILES string of the molecule is C[C@]12C[C@]1(F)C(n1ccc(=O)[nH]c1=O)O[C@@H]2CO. The second kappa shape index (κ2) is 3.30. The number of aliphatic hydroxyl groups is 1. The predicted octanol–water partition coefficient (Wildman–Crippen LogP) is -0.455. The van der Waals surface area contributed by atoms with E-state index in [0.717, 1.165) is 10.6 Å². The summed E-state index contributed by atoms with van der Waals surface area (Å²) in [5, 5.41) is 9.18. The van der Waals surface area contributed by atoms with Crippen LogP contribution in [0.4, 0.5) is 4.39 Å². The Balaban J connectivity index is 2.04. The van der Waals surface area contributed by atoms with Gasteiger partial charge >= 0.3 is 5.69 Å². The molecule has 2 N–H and O–H groups in total. The van der Waals surface area contributed by atoms with Crippen LogP contribution in [0.2, 0.25) is 0 Å². The zero-order chi connectivity index (χ0) is 13.1. The molecule has 1 aliphatic carbocycles. The van der Waals surface area contributed by atoms with E-state index in [2.05, 4.69) is 4.98 Å². The zero-order valence-corrected chi connectivity index (χ0v) is 9.72. The van der Waals surface area contributed by atoms with E-state index >= 15 is 0 Å². The Bertz CT molecular complexity index is 612. The Morgan fingerprint density at radius 2 is 2.39 bits per heavy atom. The van der Waals surface area contributed by atoms with E-state index in [-0.39, 0.29) is 13.0 Å². The summed E-state index contributed by atoms with van der Waals surface area (Å²) in [6.45, 7) is 1.39. The van der Waals surface area contributed by atoms with Gasteiger partial charge in [0.25, 0.3) is 5.56 Å². The Kier molecular flexibility index (Phi) is 2.13. The highest BCUT2D eigenvalue weighted by Gasteiger charge is 2.79. The summed E-state index contributed by atoms with van der Waals surface area (Å²) in [4.78, 5) is 24.7. The molecule has 1 unspecified atom stereocenters. The van der Waals surface area contributed by atoms with Gasteiger partial charge in [-0.2, -0.15) is 0 Å². The number of nitrogens with one attached hydrogen (secondary N) is 1. The maximum Gasteiger partial charge on any atom is 0.330 e. The number of ether oxygens (including phenoxy) is 1. The number of halogens is 1. The van der Waals surface area contributed by atoms with E-state index in [1.807, 2.05) is 0 Å². The molecule has 0 spiro atoms. The standard InChI is InChI=1S/C11H13FN2O4/c1-10-5-11(10,12)8(18-6(10)4-15)14-3-2-7(16)13-9(14)17/h2-3,6,8,15H,4-5H2,1H3,(H,13,16,17)/t6-,8?,10-,11+/m1/s1. The van der Waals surface area contributed by atoms with Crippen molar-refractivity contribution in [3.63, 3.8) is 0 Å². The molecule has 1 aromatic heterocycles. The van der Waals surface area contributed by atoms with Crippen molar-refractivity contribution in [2.45, 2.75) is 31.3 Å². The Morgan fingerprint density at radius 1 is 1.67 bits per heavy atom. The van der Waals surface area contributed by atoms with Crippen LogP contribution in [0.1, 0.15) is 19.6 Å². The topological polar surface area (TPSA) is 84.3 Å². The highest BCUT2D eigenvalue weighted by atomic mass is 19.1. The number of fused-ring (bicyclic) bond motifs is 1. The highest BCUT2D eigenvalue weighted by Crippen LogP contribution is 2.71. The molecule has 1 aromatic rings. The summed E-state index contributed by atoms with van der Waals surface area (Å²) in [5.41, 5.74) is -3.68. The fraction of sp³-hybridized carbons (Fsp3) is 0.636. The molecule has 98 valence electrons. The van der Waals surface area contributed by atoms with Gasteiger partial charge in [0.2, 0.25) is 0 Å². The van der Waals surface area contributed by atoms with Crippen molar-refractivity contribution in [1.29, 1.82) is 0 Å². The van der Waals surface area contributed by atoms with E-state index < -0.39 is 34.7 Å². The van der Waals surface area contributed by atoms with Gasteiger partial charge in [0, 0.05) is 17.7 Å². The highest BCUT2D eigenvalue weighted by molar-refractivity contribution is 5.24. The van der Waals surface area contributed by atoms with Crippen molar-refractivity contribution in [1.82, 2.24) is 9.55 Å². The van der Waals surface area contributed by atoms with Gasteiger partial charge in [-0.3, -0.25) is 14.3 Å². The van der Waals surface area contributed by atoms with Crippen LogP contribution in [-0.2, 0) is 4.74 Å². The van der Waals surface area contributed by atoms with Gasteiger partial charge in [0.15, 0.2) is 11.9 Å².